The molecule has 1 N–H and O–H groups in total. The van der Waals surface area contributed by atoms with E-state index >= 15 is 0 Å². The zero-order valence-electron chi connectivity index (χ0n) is 13.0. The van der Waals surface area contributed by atoms with Gasteiger partial charge in [0.1, 0.15) is 5.75 Å². The minimum atomic E-state index is -0.121. The number of amides is 1. The van der Waals surface area contributed by atoms with Gasteiger partial charge in [-0.15, -0.1) is 0 Å². The first-order chi connectivity index (χ1) is 11.3. The zero-order chi connectivity index (χ0) is 16.1. The van der Waals surface area contributed by atoms with Gasteiger partial charge in [-0.1, -0.05) is 13.0 Å². The van der Waals surface area contributed by atoms with Crippen molar-refractivity contribution in [3.8, 4) is 17.2 Å². The van der Waals surface area contributed by atoms with Crippen LogP contribution in [0.15, 0.2) is 42.5 Å². The summed E-state index contributed by atoms with van der Waals surface area (Å²) in [6.07, 6.45) is 0.956. The maximum atomic E-state index is 12.2. The van der Waals surface area contributed by atoms with Gasteiger partial charge in [-0.3, -0.25) is 4.79 Å². The highest BCUT2D eigenvalue weighted by molar-refractivity contribution is 5.94. The van der Waals surface area contributed by atoms with E-state index in [0.717, 1.165) is 23.5 Å². The summed E-state index contributed by atoms with van der Waals surface area (Å²) >= 11 is 0. The van der Waals surface area contributed by atoms with Crippen molar-refractivity contribution in [2.45, 2.75) is 19.9 Å². The first kappa shape index (κ1) is 15.2. The Hall–Kier alpha value is -2.69. The topological polar surface area (TPSA) is 56.8 Å². The van der Waals surface area contributed by atoms with Crippen molar-refractivity contribution in [1.82, 2.24) is 5.32 Å². The summed E-state index contributed by atoms with van der Waals surface area (Å²) in [5, 5.41) is 2.89. The molecule has 0 aliphatic carbocycles. The Kier molecular flexibility index (Phi) is 4.66. The molecule has 0 saturated carbocycles. The number of nitrogens with one attached hydrogen (secondary N) is 1. The van der Waals surface area contributed by atoms with Crippen LogP contribution in [0.3, 0.4) is 0 Å². The van der Waals surface area contributed by atoms with E-state index in [-0.39, 0.29) is 12.7 Å². The summed E-state index contributed by atoms with van der Waals surface area (Å²) in [7, 11) is 0. The fourth-order valence-electron chi connectivity index (χ4n) is 2.26. The third kappa shape index (κ3) is 3.74. The molecule has 0 saturated heterocycles. The number of hydrogen-bond donors (Lipinski definition) is 1. The first-order valence-electron chi connectivity index (χ1n) is 7.66. The minimum absolute atomic E-state index is 0.121. The SMILES string of the molecule is CCCOc1ccc(C(=O)NCc2ccc3c(c2)OCO3)cc1. The largest absolute Gasteiger partial charge is 0.494 e. The highest BCUT2D eigenvalue weighted by Gasteiger charge is 2.13. The van der Waals surface area contributed by atoms with Gasteiger partial charge < -0.3 is 19.5 Å². The molecule has 1 heterocycles. The molecule has 0 bridgehead atoms. The van der Waals surface area contributed by atoms with Crippen LogP contribution in [0.5, 0.6) is 17.2 Å². The standard InChI is InChI=1S/C18H19NO4/c1-2-9-21-15-6-4-14(5-7-15)18(20)19-11-13-3-8-16-17(10-13)23-12-22-16/h3-8,10H,2,9,11-12H2,1H3,(H,19,20). The Morgan fingerprint density at radius 3 is 2.70 bits per heavy atom. The molecule has 3 rings (SSSR count). The molecule has 1 amide bonds. The highest BCUT2D eigenvalue weighted by atomic mass is 16.7. The summed E-state index contributed by atoms with van der Waals surface area (Å²) < 4.78 is 16.1. The van der Waals surface area contributed by atoms with Crippen LogP contribution >= 0.6 is 0 Å². The van der Waals surface area contributed by atoms with Crippen LogP contribution in [0.2, 0.25) is 0 Å². The van der Waals surface area contributed by atoms with Gasteiger partial charge in [-0.25, -0.2) is 0 Å². The fourth-order valence-corrected chi connectivity index (χ4v) is 2.26. The quantitative estimate of drug-likeness (QED) is 0.890. The number of carbonyl (C=O) groups is 1. The van der Waals surface area contributed by atoms with Crippen molar-refractivity contribution >= 4 is 5.91 Å². The lowest BCUT2D eigenvalue weighted by atomic mass is 10.1. The van der Waals surface area contributed by atoms with Crippen LogP contribution in [-0.4, -0.2) is 19.3 Å². The molecule has 5 heteroatoms. The average Bonchev–Trinajstić information content (AvgIpc) is 3.06. The zero-order valence-corrected chi connectivity index (χ0v) is 13.0. The molecule has 1 aliphatic heterocycles. The molecule has 0 aromatic heterocycles. The van der Waals surface area contributed by atoms with Crippen molar-refractivity contribution in [3.63, 3.8) is 0 Å². The van der Waals surface area contributed by atoms with E-state index in [0.29, 0.717) is 24.5 Å². The molecular formula is C18H19NO4. The Morgan fingerprint density at radius 2 is 1.91 bits per heavy atom. The summed E-state index contributed by atoms with van der Waals surface area (Å²) in [6, 6.07) is 12.8. The molecule has 2 aromatic rings. The van der Waals surface area contributed by atoms with E-state index in [2.05, 4.69) is 12.2 Å². The predicted molar refractivity (Wildman–Crippen MR) is 86.0 cm³/mol. The van der Waals surface area contributed by atoms with Gasteiger partial charge in [0.25, 0.3) is 5.91 Å². The normalized spacial score (nSPS) is 12.0. The Balaban J connectivity index is 1.56. The van der Waals surface area contributed by atoms with E-state index in [1.54, 1.807) is 12.1 Å². The Labute approximate surface area is 135 Å². The number of ether oxygens (including phenoxy) is 3. The van der Waals surface area contributed by atoms with Crippen LogP contribution < -0.4 is 19.5 Å². The molecule has 0 unspecified atom stereocenters. The Bertz CT molecular complexity index is 682. The van der Waals surface area contributed by atoms with Crippen LogP contribution in [0.25, 0.3) is 0 Å². The van der Waals surface area contributed by atoms with E-state index in [1.807, 2.05) is 30.3 Å². The van der Waals surface area contributed by atoms with Gasteiger partial charge in [-0.2, -0.15) is 0 Å². The second-order valence-electron chi connectivity index (χ2n) is 5.24. The molecule has 1 aliphatic rings. The van der Waals surface area contributed by atoms with Gasteiger partial charge in [0.05, 0.1) is 6.61 Å². The van der Waals surface area contributed by atoms with E-state index < -0.39 is 0 Å². The van der Waals surface area contributed by atoms with E-state index in [1.165, 1.54) is 0 Å². The Morgan fingerprint density at radius 1 is 1.13 bits per heavy atom. The van der Waals surface area contributed by atoms with Crippen LogP contribution in [0.4, 0.5) is 0 Å². The maximum Gasteiger partial charge on any atom is 0.251 e. The lowest BCUT2D eigenvalue weighted by Gasteiger charge is -2.08. The third-order valence-corrected chi connectivity index (χ3v) is 3.48. The van der Waals surface area contributed by atoms with Crippen LogP contribution in [0.1, 0.15) is 29.3 Å². The molecule has 0 atom stereocenters. The van der Waals surface area contributed by atoms with E-state index in [4.69, 9.17) is 14.2 Å². The predicted octanol–water partition coefficient (Wildman–Crippen LogP) is 3.13. The van der Waals surface area contributed by atoms with Crippen molar-refractivity contribution in [2.24, 2.45) is 0 Å². The molecule has 2 aromatic carbocycles. The number of fused-ring (bicyclic) bond motifs is 1. The smallest absolute Gasteiger partial charge is 0.251 e. The molecule has 0 radical (unpaired) electrons. The van der Waals surface area contributed by atoms with Gasteiger partial charge in [0.15, 0.2) is 11.5 Å². The highest BCUT2D eigenvalue weighted by Crippen LogP contribution is 2.32. The van der Waals surface area contributed by atoms with Crippen molar-refractivity contribution < 1.29 is 19.0 Å². The van der Waals surface area contributed by atoms with Crippen molar-refractivity contribution in [2.75, 3.05) is 13.4 Å². The summed E-state index contributed by atoms with van der Waals surface area (Å²) in [4.78, 5) is 12.2. The van der Waals surface area contributed by atoms with Crippen molar-refractivity contribution in [3.05, 3.63) is 53.6 Å². The molecule has 0 spiro atoms. The molecule has 23 heavy (non-hydrogen) atoms. The minimum Gasteiger partial charge on any atom is -0.494 e. The number of carbonyl (C=O) groups excluding carboxylic acids is 1. The van der Waals surface area contributed by atoms with Gasteiger partial charge >= 0.3 is 0 Å². The number of hydrogen-bond acceptors (Lipinski definition) is 4. The molecule has 0 fully saturated rings. The van der Waals surface area contributed by atoms with Crippen molar-refractivity contribution in [1.29, 1.82) is 0 Å². The number of benzene rings is 2. The van der Waals surface area contributed by atoms with Gasteiger partial charge in [-0.05, 0) is 48.4 Å². The lowest BCUT2D eigenvalue weighted by molar-refractivity contribution is 0.0951. The molecule has 120 valence electrons. The lowest BCUT2D eigenvalue weighted by Crippen LogP contribution is -2.22. The monoisotopic (exact) mass is 313 g/mol. The average molecular weight is 313 g/mol. The van der Waals surface area contributed by atoms with E-state index in [9.17, 15) is 4.79 Å². The molecular weight excluding hydrogens is 294 g/mol. The summed E-state index contributed by atoms with van der Waals surface area (Å²) in [5.41, 5.74) is 1.57. The van der Waals surface area contributed by atoms with Gasteiger partial charge in [0.2, 0.25) is 6.79 Å². The second kappa shape index (κ2) is 7.05. The fraction of sp³-hybridized carbons (Fsp3) is 0.278. The second-order valence-corrected chi connectivity index (χ2v) is 5.24. The third-order valence-electron chi connectivity index (χ3n) is 3.48. The summed E-state index contributed by atoms with van der Waals surface area (Å²) in [5.74, 6) is 2.11. The number of rotatable bonds is 6. The van der Waals surface area contributed by atoms with Crippen LogP contribution in [0, 0.1) is 0 Å². The first-order valence-corrected chi connectivity index (χ1v) is 7.66. The van der Waals surface area contributed by atoms with Gasteiger partial charge in [0, 0.05) is 12.1 Å². The molecule has 5 nitrogen and oxygen atoms in total. The van der Waals surface area contributed by atoms with Crippen LogP contribution in [-0.2, 0) is 6.54 Å². The maximum absolute atomic E-state index is 12.2. The summed E-state index contributed by atoms with van der Waals surface area (Å²) in [6.45, 7) is 3.41.